The summed E-state index contributed by atoms with van der Waals surface area (Å²) in [7, 11) is -4.07. The lowest BCUT2D eigenvalue weighted by Gasteiger charge is -2.19. The average Bonchev–Trinajstić information content (AvgIpc) is 3.15. The first-order valence-electron chi connectivity index (χ1n) is 7.84. The number of nitro groups is 1. The normalized spacial score (nSPS) is 12.7. The van der Waals surface area contributed by atoms with E-state index in [1.54, 1.807) is 24.4 Å². The number of sulfonamides is 1. The minimum atomic E-state index is -4.07. The zero-order valence-corrected chi connectivity index (χ0v) is 15.8. The van der Waals surface area contributed by atoms with Gasteiger partial charge in [-0.1, -0.05) is 24.3 Å². The molecule has 6 nitrogen and oxygen atoms in total. The maximum atomic E-state index is 13.3. The van der Waals surface area contributed by atoms with Gasteiger partial charge < -0.3 is 0 Å². The van der Waals surface area contributed by atoms with Crippen molar-refractivity contribution in [1.29, 1.82) is 0 Å². The zero-order valence-electron chi connectivity index (χ0n) is 14.1. The molecule has 1 atom stereocenters. The predicted octanol–water partition coefficient (Wildman–Crippen LogP) is 4.17. The summed E-state index contributed by atoms with van der Waals surface area (Å²) in [5.41, 5.74) is 0.637. The average molecular weight is 406 g/mol. The van der Waals surface area contributed by atoms with E-state index >= 15 is 0 Å². The summed E-state index contributed by atoms with van der Waals surface area (Å²) in [5, 5.41) is 12.8. The number of thiophene rings is 1. The molecule has 0 aliphatic heterocycles. The Morgan fingerprint density at radius 2 is 1.85 bits per heavy atom. The van der Waals surface area contributed by atoms with E-state index in [0.717, 1.165) is 6.07 Å². The second-order valence-corrected chi connectivity index (χ2v) is 8.49. The molecule has 140 valence electrons. The van der Waals surface area contributed by atoms with Crippen molar-refractivity contribution in [3.8, 4) is 0 Å². The van der Waals surface area contributed by atoms with Crippen LogP contribution in [0.5, 0.6) is 0 Å². The lowest BCUT2D eigenvalue weighted by atomic mass is 10.1. The first kappa shape index (κ1) is 19.2. The fourth-order valence-electron chi connectivity index (χ4n) is 2.61. The summed E-state index contributed by atoms with van der Waals surface area (Å²) in [5.74, 6) is -0.430. The summed E-state index contributed by atoms with van der Waals surface area (Å²) in [6.07, 6.45) is 0. The van der Waals surface area contributed by atoms with E-state index in [-0.39, 0.29) is 10.6 Å². The highest BCUT2D eigenvalue weighted by molar-refractivity contribution is 7.89. The zero-order chi connectivity index (χ0) is 19.6. The number of nitro benzene ring substituents is 1. The standard InChI is InChI=1S/C18H15FN2O4S2/c1-12-4-9-15(21(22)23)11-17(12)27(24,25)20-18(16-3-2-10-26-16)13-5-7-14(19)8-6-13/h2-11,18,20H,1H3/t18-/m0/s1. The Balaban J connectivity index is 2.04. The maximum absolute atomic E-state index is 13.3. The molecule has 9 heteroatoms. The van der Waals surface area contributed by atoms with Gasteiger partial charge in [-0.15, -0.1) is 11.3 Å². The van der Waals surface area contributed by atoms with Crippen LogP contribution < -0.4 is 4.72 Å². The van der Waals surface area contributed by atoms with Crippen LogP contribution in [-0.4, -0.2) is 13.3 Å². The van der Waals surface area contributed by atoms with Crippen LogP contribution in [-0.2, 0) is 10.0 Å². The van der Waals surface area contributed by atoms with Gasteiger partial charge in [-0.05, 0) is 41.6 Å². The third kappa shape index (κ3) is 4.21. The predicted molar refractivity (Wildman–Crippen MR) is 101 cm³/mol. The van der Waals surface area contributed by atoms with Crippen molar-refractivity contribution in [1.82, 2.24) is 4.72 Å². The van der Waals surface area contributed by atoms with Crippen molar-refractivity contribution in [2.75, 3.05) is 0 Å². The number of hydrogen-bond acceptors (Lipinski definition) is 5. The van der Waals surface area contributed by atoms with E-state index in [1.165, 1.54) is 47.7 Å². The highest BCUT2D eigenvalue weighted by Gasteiger charge is 2.26. The van der Waals surface area contributed by atoms with E-state index < -0.39 is 26.8 Å². The molecule has 1 aromatic heterocycles. The number of halogens is 1. The second-order valence-electron chi connectivity index (χ2n) is 5.83. The van der Waals surface area contributed by atoms with Gasteiger partial charge >= 0.3 is 0 Å². The minimum Gasteiger partial charge on any atom is -0.258 e. The molecule has 0 amide bonds. The molecular formula is C18H15FN2O4S2. The summed E-state index contributed by atoms with van der Waals surface area (Å²) in [6.45, 7) is 1.57. The van der Waals surface area contributed by atoms with Crippen LogP contribution in [0.25, 0.3) is 0 Å². The van der Waals surface area contributed by atoms with Crippen LogP contribution in [0.1, 0.15) is 22.0 Å². The van der Waals surface area contributed by atoms with E-state index in [1.807, 2.05) is 0 Å². The number of rotatable bonds is 6. The quantitative estimate of drug-likeness (QED) is 0.491. The molecule has 0 aliphatic rings. The van der Waals surface area contributed by atoms with Gasteiger partial charge in [-0.25, -0.2) is 12.8 Å². The third-order valence-electron chi connectivity index (χ3n) is 3.98. The Morgan fingerprint density at radius 1 is 1.15 bits per heavy atom. The van der Waals surface area contributed by atoms with Crippen LogP contribution in [0.4, 0.5) is 10.1 Å². The van der Waals surface area contributed by atoms with E-state index in [4.69, 9.17) is 0 Å². The van der Waals surface area contributed by atoms with Crippen molar-refractivity contribution in [3.05, 3.63) is 91.9 Å². The molecule has 1 heterocycles. The molecule has 3 rings (SSSR count). The fraction of sp³-hybridized carbons (Fsp3) is 0.111. The Hall–Kier alpha value is -2.62. The molecular weight excluding hydrogens is 391 g/mol. The molecule has 0 aliphatic carbocycles. The number of aryl methyl sites for hydroxylation is 1. The van der Waals surface area contributed by atoms with Crippen molar-refractivity contribution in [2.24, 2.45) is 0 Å². The van der Waals surface area contributed by atoms with Gasteiger partial charge in [-0.2, -0.15) is 4.72 Å². The summed E-state index contributed by atoms with van der Waals surface area (Å²) in [6, 6.07) is 12.0. The molecule has 0 unspecified atom stereocenters. The summed E-state index contributed by atoms with van der Waals surface area (Å²) < 4.78 is 41.8. The number of nitrogens with one attached hydrogen (secondary N) is 1. The first-order chi connectivity index (χ1) is 12.8. The molecule has 3 aromatic rings. The van der Waals surface area contributed by atoms with Crippen molar-refractivity contribution in [2.45, 2.75) is 17.9 Å². The van der Waals surface area contributed by atoms with Gasteiger partial charge in [0.05, 0.1) is 15.9 Å². The van der Waals surface area contributed by atoms with Crippen molar-refractivity contribution in [3.63, 3.8) is 0 Å². The number of non-ortho nitro benzene ring substituents is 1. The van der Waals surface area contributed by atoms with E-state index in [9.17, 15) is 22.9 Å². The highest BCUT2D eigenvalue weighted by atomic mass is 32.2. The first-order valence-corrected chi connectivity index (χ1v) is 10.2. The molecule has 0 saturated heterocycles. The lowest BCUT2D eigenvalue weighted by Crippen LogP contribution is -2.29. The smallest absolute Gasteiger partial charge is 0.258 e. The van der Waals surface area contributed by atoms with Gasteiger partial charge in [0.25, 0.3) is 5.69 Å². The second kappa shape index (κ2) is 7.55. The topological polar surface area (TPSA) is 89.3 Å². The van der Waals surface area contributed by atoms with Gasteiger partial charge in [0.15, 0.2) is 0 Å². The molecule has 27 heavy (non-hydrogen) atoms. The van der Waals surface area contributed by atoms with E-state index in [0.29, 0.717) is 16.0 Å². The van der Waals surface area contributed by atoms with Crippen LogP contribution in [0, 0.1) is 22.9 Å². The Kier molecular flexibility index (Phi) is 5.36. The largest absolute Gasteiger partial charge is 0.270 e. The highest BCUT2D eigenvalue weighted by Crippen LogP contribution is 2.29. The van der Waals surface area contributed by atoms with Crippen molar-refractivity contribution < 1.29 is 17.7 Å². The van der Waals surface area contributed by atoms with Gasteiger partial charge in [0, 0.05) is 17.0 Å². The SMILES string of the molecule is Cc1ccc([N+](=O)[O-])cc1S(=O)(=O)N[C@@H](c1ccc(F)cc1)c1cccs1. The lowest BCUT2D eigenvalue weighted by molar-refractivity contribution is -0.385. The molecule has 0 spiro atoms. The fourth-order valence-corrected chi connectivity index (χ4v) is 4.96. The Labute approximate surface area is 159 Å². The Morgan fingerprint density at radius 3 is 2.44 bits per heavy atom. The Bertz CT molecular complexity index is 1070. The molecule has 0 saturated carbocycles. The van der Waals surface area contributed by atoms with Crippen LogP contribution in [0.2, 0.25) is 0 Å². The summed E-state index contributed by atoms with van der Waals surface area (Å²) >= 11 is 1.35. The van der Waals surface area contributed by atoms with Crippen LogP contribution >= 0.6 is 11.3 Å². The van der Waals surface area contributed by atoms with Gasteiger partial charge in [0.2, 0.25) is 10.0 Å². The molecule has 0 fully saturated rings. The molecule has 0 bridgehead atoms. The minimum absolute atomic E-state index is 0.166. The van der Waals surface area contributed by atoms with Crippen LogP contribution in [0.3, 0.4) is 0 Å². The number of benzene rings is 2. The van der Waals surface area contributed by atoms with Crippen LogP contribution in [0.15, 0.2) is 64.9 Å². The molecule has 0 radical (unpaired) electrons. The maximum Gasteiger partial charge on any atom is 0.270 e. The van der Waals surface area contributed by atoms with Crippen molar-refractivity contribution >= 4 is 27.0 Å². The summed E-state index contributed by atoms with van der Waals surface area (Å²) in [4.78, 5) is 10.9. The van der Waals surface area contributed by atoms with Gasteiger partial charge in [-0.3, -0.25) is 10.1 Å². The third-order valence-corrected chi connectivity index (χ3v) is 6.48. The monoisotopic (exact) mass is 406 g/mol. The molecule has 1 N–H and O–H groups in total. The van der Waals surface area contributed by atoms with E-state index in [2.05, 4.69) is 4.72 Å². The van der Waals surface area contributed by atoms with Gasteiger partial charge in [0.1, 0.15) is 5.82 Å². The number of nitrogens with zero attached hydrogens (tertiary/aromatic N) is 1. The number of hydrogen-bond donors (Lipinski definition) is 1. The molecule has 2 aromatic carbocycles.